The molecule has 2 N–H and O–H groups in total. The third kappa shape index (κ3) is 6.03. The SMILES string of the molecule is Cc1nc(COc2ccc(Cl)cc2)sc1C(=O)NCC(C)CC(=O)O. The first kappa shape index (κ1) is 19.2. The summed E-state index contributed by atoms with van der Waals surface area (Å²) in [5.74, 6) is -0.588. The van der Waals surface area contributed by atoms with Crippen LogP contribution in [0.2, 0.25) is 5.02 Å². The first-order valence-electron chi connectivity index (χ1n) is 7.69. The molecule has 0 radical (unpaired) electrons. The van der Waals surface area contributed by atoms with Crippen molar-refractivity contribution in [1.82, 2.24) is 10.3 Å². The van der Waals surface area contributed by atoms with Crippen LogP contribution < -0.4 is 10.1 Å². The van der Waals surface area contributed by atoms with Crippen molar-refractivity contribution in [3.05, 3.63) is 44.9 Å². The highest BCUT2D eigenvalue weighted by molar-refractivity contribution is 7.13. The number of amides is 1. The van der Waals surface area contributed by atoms with Gasteiger partial charge in [-0.1, -0.05) is 18.5 Å². The number of nitrogens with zero attached hydrogens (tertiary/aromatic N) is 1. The van der Waals surface area contributed by atoms with E-state index in [1.807, 2.05) is 0 Å². The zero-order chi connectivity index (χ0) is 18.4. The molecule has 8 heteroatoms. The largest absolute Gasteiger partial charge is 0.486 e. The Balaban J connectivity index is 1.91. The molecule has 0 aliphatic rings. The van der Waals surface area contributed by atoms with E-state index in [2.05, 4.69) is 10.3 Å². The fraction of sp³-hybridized carbons (Fsp3) is 0.353. The van der Waals surface area contributed by atoms with Gasteiger partial charge in [-0.05, 0) is 37.1 Å². The quantitative estimate of drug-likeness (QED) is 0.729. The van der Waals surface area contributed by atoms with Gasteiger partial charge in [0, 0.05) is 18.0 Å². The van der Waals surface area contributed by atoms with E-state index < -0.39 is 5.97 Å². The Kier molecular flexibility index (Phi) is 6.78. The molecule has 2 aromatic rings. The number of aryl methyl sites for hydroxylation is 1. The topological polar surface area (TPSA) is 88.5 Å². The number of hydrogen-bond donors (Lipinski definition) is 2. The van der Waals surface area contributed by atoms with E-state index in [0.717, 1.165) is 0 Å². The molecule has 0 saturated heterocycles. The normalized spacial score (nSPS) is 11.8. The van der Waals surface area contributed by atoms with Crippen LogP contribution in [-0.4, -0.2) is 28.5 Å². The molecule has 0 aliphatic heterocycles. The highest BCUT2D eigenvalue weighted by Gasteiger charge is 2.17. The van der Waals surface area contributed by atoms with Crippen molar-refractivity contribution in [3.63, 3.8) is 0 Å². The summed E-state index contributed by atoms with van der Waals surface area (Å²) in [4.78, 5) is 27.7. The minimum Gasteiger partial charge on any atom is -0.486 e. The van der Waals surface area contributed by atoms with E-state index in [-0.39, 0.29) is 24.9 Å². The van der Waals surface area contributed by atoms with Crippen LogP contribution in [0.5, 0.6) is 5.75 Å². The maximum absolute atomic E-state index is 12.2. The summed E-state index contributed by atoms with van der Waals surface area (Å²) in [6.45, 7) is 4.10. The van der Waals surface area contributed by atoms with Crippen molar-refractivity contribution in [2.45, 2.75) is 26.9 Å². The zero-order valence-electron chi connectivity index (χ0n) is 13.9. The van der Waals surface area contributed by atoms with Crippen molar-refractivity contribution in [3.8, 4) is 5.75 Å². The number of carboxylic acid groups (broad SMARTS) is 1. The average molecular weight is 383 g/mol. The Morgan fingerprint density at radius 3 is 2.68 bits per heavy atom. The Morgan fingerprint density at radius 2 is 2.04 bits per heavy atom. The fourth-order valence-electron chi connectivity index (χ4n) is 2.12. The van der Waals surface area contributed by atoms with Gasteiger partial charge in [0.2, 0.25) is 0 Å². The molecule has 1 heterocycles. The van der Waals surface area contributed by atoms with Crippen LogP contribution in [0.4, 0.5) is 0 Å². The average Bonchev–Trinajstić information content (AvgIpc) is 2.92. The van der Waals surface area contributed by atoms with Crippen LogP contribution in [0.25, 0.3) is 0 Å². The molecule has 6 nitrogen and oxygen atoms in total. The van der Waals surface area contributed by atoms with Gasteiger partial charge in [-0.2, -0.15) is 0 Å². The summed E-state index contributed by atoms with van der Waals surface area (Å²) in [5.41, 5.74) is 0.628. The fourth-order valence-corrected chi connectivity index (χ4v) is 3.14. The zero-order valence-corrected chi connectivity index (χ0v) is 15.5. The molecule has 1 amide bonds. The Hall–Kier alpha value is -2.12. The number of thiazole rings is 1. The number of benzene rings is 1. The monoisotopic (exact) mass is 382 g/mol. The van der Waals surface area contributed by atoms with E-state index >= 15 is 0 Å². The molecule has 2 rings (SSSR count). The number of nitrogens with one attached hydrogen (secondary N) is 1. The summed E-state index contributed by atoms with van der Waals surface area (Å²) in [7, 11) is 0. The second kappa shape index (κ2) is 8.82. The number of carbonyl (C=O) groups is 2. The molecule has 1 aromatic heterocycles. The molecular formula is C17H19ClN2O4S. The number of aliphatic carboxylic acids is 1. The summed E-state index contributed by atoms with van der Waals surface area (Å²) in [6, 6.07) is 7.00. The van der Waals surface area contributed by atoms with E-state index in [1.54, 1.807) is 38.1 Å². The van der Waals surface area contributed by atoms with Gasteiger partial charge < -0.3 is 15.2 Å². The van der Waals surface area contributed by atoms with Crippen LogP contribution in [0.3, 0.4) is 0 Å². The molecule has 0 fully saturated rings. The smallest absolute Gasteiger partial charge is 0.303 e. The summed E-state index contributed by atoms with van der Waals surface area (Å²) in [5, 5.41) is 12.8. The Bertz CT molecular complexity index is 746. The van der Waals surface area contributed by atoms with Crippen LogP contribution in [0.1, 0.15) is 33.7 Å². The molecule has 134 valence electrons. The molecule has 0 saturated carbocycles. The summed E-state index contributed by atoms with van der Waals surface area (Å²) >= 11 is 7.09. The predicted octanol–water partition coefficient (Wildman–Crippen LogP) is 3.52. The first-order valence-corrected chi connectivity index (χ1v) is 8.89. The van der Waals surface area contributed by atoms with Gasteiger partial charge in [0.15, 0.2) is 0 Å². The predicted molar refractivity (Wildman–Crippen MR) is 96.4 cm³/mol. The lowest BCUT2D eigenvalue weighted by Gasteiger charge is -2.09. The number of aromatic nitrogens is 1. The molecular weight excluding hydrogens is 364 g/mol. The Morgan fingerprint density at radius 1 is 1.36 bits per heavy atom. The van der Waals surface area contributed by atoms with Crippen molar-refractivity contribution in [2.24, 2.45) is 5.92 Å². The maximum Gasteiger partial charge on any atom is 0.303 e. The van der Waals surface area contributed by atoms with E-state index in [1.165, 1.54) is 11.3 Å². The van der Waals surface area contributed by atoms with Crippen LogP contribution in [0.15, 0.2) is 24.3 Å². The third-order valence-corrected chi connectivity index (χ3v) is 4.74. The highest BCUT2D eigenvalue weighted by atomic mass is 35.5. The number of halogens is 1. The molecule has 1 unspecified atom stereocenters. The van der Waals surface area contributed by atoms with Crippen LogP contribution >= 0.6 is 22.9 Å². The maximum atomic E-state index is 12.2. The van der Waals surface area contributed by atoms with Gasteiger partial charge in [-0.25, -0.2) is 4.98 Å². The second-order valence-corrected chi connectivity index (χ2v) is 7.20. The lowest BCUT2D eigenvalue weighted by molar-refractivity contribution is -0.137. The standard InChI is InChI=1S/C17H19ClN2O4S/c1-10(7-15(21)22)8-19-17(23)16-11(2)20-14(25-16)9-24-13-5-3-12(18)4-6-13/h3-6,10H,7-9H2,1-2H3,(H,19,23)(H,21,22). The second-order valence-electron chi connectivity index (χ2n) is 5.68. The van der Waals surface area contributed by atoms with Gasteiger partial charge >= 0.3 is 5.97 Å². The van der Waals surface area contributed by atoms with Crippen molar-refractivity contribution >= 4 is 34.8 Å². The van der Waals surface area contributed by atoms with Gasteiger partial charge in [-0.15, -0.1) is 11.3 Å². The molecule has 1 atom stereocenters. The van der Waals surface area contributed by atoms with Gasteiger partial charge in [0.1, 0.15) is 22.2 Å². The van der Waals surface area contributed by atoms with Gasteiger partial charge in [-0.3, -0.25) is 9.59 Å². The molecule has 1 aromatic carbocycles. The molecule has 0 aliphatic carbocycles. The van der Waals surface area contributed by atoms with Gasteiger partial charge in [0.05, 0.1) is 5.69 Å². The summed E-state index contributed by atoms with van der Waals surface area (Å²) in [6.07, 6.45) is 0.0160. The third-order valence-electron chi connectivity index (χ3n) is 3.36. The minimum absolute atomic E-state index is 0.0160. The van der Waals surface area contributed by atoms with E-state index in [9.17, 15) is 9.59 Å². The van der Waals surface area contributed by atoms with Crippen molar-refractivity contribution < 1.29 is 19.4 Å². The lowest BCUT2D eigenvalue weighted by Crippen LogP contribution is -2.29. The first-order chi connectivity index (χ1) is 11.8. The highest BCUT2D eigenvalue weighted by Crippen LogP contribution is 2.21. The number of rotatable bonds is 8. The van der Waals surface area contributed by atoms with E-state index in [4.69, 9.17) is 21.4 Å². The minimum atomic E-state index is -0.877. The molecule has 25 heavy (non-hydrogen) atoms. The van der Waals surface area contributed by atoms with Crippen LogP contribution in [0, 0.1) is 12.8 Å². The number of carbonyl (C=O) groups excluding carboxylic acids is 1. The summed E-state index contributed by atoms with van der Waals surface area (Å²) < 4.78 is 5.63. The Labute approximate surface area is 154 Å². The number of hydrogen-bond acceptors (Lipinski definition) is 5. The van der Waals surface area contributed by atoms with Crippen LogP contribution in [-0.2, 0) is 11.4 Å². The van der Waals surface area contributed by atoms with Crippen molar-refractivity contribution in [2.75, 3.05) is 6.54 Å². The van der Waals surface area contributed by atoms with Gasteiger partial charge in [0.25, 0.3) is 5.91 Å². The number of carboxylic acids is 1. The van der Waals surface area contributed by atoms with E-state index in [0.29, 0.717) is 32.9 Å². The molecule has 0 spiro atoms. The number of ether oxygens (including phenoxy) is 1. The lowest BCUT2D eigenvalue weighted by atomic mass is 10.1. The van der Waals surface area contributed by atoms with Crippen molar-refractivity contribution in [1.29, 1.82) is 0 Å². The molecule has 0 bridgehead atoms.